The molecule has 2 radical (unpaired) electrons. The summed E-state index contributed by atoms with van der Waals surface area (Å²) in [6.45, 7) is 2.08. The Hall–Kier alpha value is 0.103. The molecule has 0 aromatic heterocycles. The third kappa shape index (κ3) is 2.04. The van der Waals surface area contributed by atoms with Crippen molar-refractivity contribution in [2.45, 2.75) is 6.92 Å². The van der Waals surface area contributed by atoms with Gasteiger partial charge in [-0.25, -0.2) is 0 Å². The number of hydrogen-bond acceptors (Lipinski definition) is 0. The van der Waals surface area contributed by atoms with Gasteiger partial charge < -0.3 is 0 Å². The molecule has 0 spiro atoms. The minimum Gasteiger partial charge on any atom is -0.0764 e. The average Bonchev–Trinajstić information content (AvgIpc) is 1.86. The molecule has 0 unspecified atom stereocenters. The molecule has 1 heteroatoms. The smallest absolute Gasteiger partial charge is 0.00806 e. The van der Waals surface area contributed by atoms with Crippen LogP contribution < -0.4 is 0 Å². The fourth-order valence-electron chi connectivity index (χ4n) is 0.470. The maximum absolute atomic E-state index is 2.08. The summed E-state index contributed by atoms with van der Waals surface area (Å²) in [5, 5.41) is 0. The van der Waals surface area contributed by atoms with Gasteiger partial charge in [0, 0.05) is 25.9 Å². The van der Waals surface area contributed by atoms with Crippen molar-refractivity contribution in [3.05, 3.63) is 30.2 Å². The Labute approximate surface area is 57.1 Å². The van der Waals surface area contributed by atoms with E-state index in [0.29, 0.717) is 0 Å². The van der Waals surface area contributed by atoms with E-state index >= 15 is 0 Å². The van der Waals surface area contributed by atoms with Crippen LogP contribution in [-0.4, -0.2) is 0 Å². The van der Waals surface area contributed by atoms with Gasteiger partial charge in [0.15, 0.2) is 0 Å². The summed E-state index contributed by atoms with van der Waals surface area (Å²) in [5.74, 6) is 0. The minimum atomic E-state index is 0. The molecule has 0 aromatic rings. The van der Waals surface area contributed by atoms with Gasteiger partial charge in [0.1, 0.15) is 0 Å². The van der Waals surface area contributed by atoms with E-state index in [0.717, 1.165) is 0 Å². The van der Waals surface area contributed by atoms with Crippen molar-refractivity contribution in [3.63, 3.8) is 0 Å². The molecular formula is C6H7Rh. The van der Waals surface area contributed by atoms with E-state index in [1.165, 1.54) is 5.57 Å². The minimum absolute atomic E-state index is 0. The molecule has 0 amide bonds. The van der Waals surface area contributed by atoms with Crippen molar-refractivity contribution >= 4 is 0 Å². The molecule has 7 heavy (non-hydrogen) atoms. The molecule has 0 aromatic carbocycles. The van der Waals surface area contributed by atoms with Crippen LogP contribution in [-0.2, 0) is 19.5 Å². The van der Waals surface area contributed by atoms with E-state index in [4.69, 9.17) is 0 Å². The van der Waals surface area contributed by atoms with Gasteiger partial charge in [0.25, 0.3) is 0 Å². The van der Waals surface area contributed by atoms with Gasteiger partial charge in [0.05, 0.1) is 0 Å². The predicted octanol–water partition coefficient (Wildman–Crippen LogP) is 1.70. The second-order valence-corrected chi connectivity index (χ2v) is 1.46. The maximum Gasteiger partial charge on any atom is 0.00806 e. The summed E-state index contributed by atoms with van der Waals surface area (Å²) >= 11 is 0. The quantitative estimate of drug-likeness (QED) is 0.500. The molecule has 0 N–H and O–H groups in total. The molecule has 0 nitrogen and oxygen atoms in total. The van der Waals surface area contributed by atoms with Crippen molar-refractivity contribution < 1.29 is 19.5 Å². The molecule has 1 aliphatic carbocycles. The zero-order chi connectivity index (χ0) is 4.41. The van der Waals surface area contributed by atoms with Gasteiger partial charge in [0.2, 0.25) is 0 Å². The molecule has 1 rings (SSSR count). The molecule has 0 saturated carbocycles. The number of hydrogen-bond donors (Lipinski definition) is 0. The van der Waals surface area contributed by atoms with Gasteiger partial charge in [-0.2, -0.15) is 0 Å². The average molecular weight is 182 g/mol. The molecule has 0 fully saturated rings. The second kappa shape index (κ2) is 3.15. The van der Waals surface area contributed by atoms with Crippen LogP contribution in [0.3, 0.4) is 0 Å². The topological polar surface area (TPSA) is 0 Å². The maximum atomic E-state index is 2.08. The van der Waals surface area contributed by atoms with Gasteiger partial charge >= 0.3 is 0 Å². The van der Waals surface area contributed by atoms with Gasteiger partial charge in [-0.05, 0) is 6.92 Å². The van der Waals surface area contributed by atoms with Crippen molar-refractivity contribution in [1.29, 1.82) is 0 Å². The summed E-state index contributed by atoms with van der Waals surface area (Å²) in [5.41, 5.74) is 1.34. The van der Waals surface area contributed by atoms with E-state index in [2.05, 4.69) is 19.4 Å². The van der Waals surface area contributed by atoms with E-state index in [9.17, 15) is 0 Å². The second-order valence-electron chi connectivity index (χ2n) is 1.46. The molecule has 0 saturated heterocycles. The zero-order valence-corrected chi connectivity index (χ0v) is 5.78. The normalized spacial score (nSPS) is 15.9. The Morgan fingerprint density at radius 2 is 2.00 bits per heavy atom. The van der Waals surface area contributed by atoms with Crippen LogP contribution in [0.15, 0.2) is 23.8 Å². The Morgan fingerprint density at radius 1 is 1.29 bits per heavy atom. The first kappa shape index (κ1) is 7.10. The van der Waals surface area contributed by atoms with Crippen LogP contribution in [0.2, 0.25) is 0 Å². The van der Waals surface area contributed by atoms with Crippen LogP contribution in [0.1, 0.15) is 6.92 Å². The van der Waals surface area contributed by atoms with Crippen molar-refractivity contribution in [1.82, 2.24) is 0 Å². The molecule has 0 atom stereocenters. The molecule has 0 aliphatic heterocycles. The fourth-order valence-corrected chi connectivity index (χ4v) is 0.470. The summed E-state index contributed by atoms with van der Waals surface area (Å²) in [6.07, 6.45) is 8.24. The Kier molecular flexibility index (Phi) is 3.20. The van der Waals surface area contributed by atoms with Gasteiger partial charge in [-0.1, -0.05) is 23.8 Å². The van der Waals surface area contributed by atoms with Crippen molar-refractivity contribution in [2.24, 2.45) is 0 Å². The van der Waals surface area contributed by atoms with Gasteiger partial charge in [-0.15, -0.1) is 0 Å². The Bertz CT molecular complexity index is 101. The van der Waals surface area contributed by atoms with Gasteiger partial charge in [-0.3, -0.25) is 0 Å². The monoisotopic (exact) mass is 182 g/mol. The van der Waals surface area contributed by atoms with Crippen LogP contribution in [0, 0.1) is 6.42 Å². The summed E-state index contributed by atoms with van der Waals surface area (Å²) < 4.78 is 0. The molecular weight excluding hydrogens is 175 g/mol. The molecule has 0 bridgehead atoms. The third-order valence-electron chi connectivity index (χ3n) is 0.829. The first-order valence-corrected chi connectivity index (χ1v) is 2.08. The van der Waals surface area contributed by atoms with Crippen LogP contribution >= 0.6 is 0 Å². The van der Waals surface area contributed by atoms with E-state index < -0.39 is 0 Å². The fraction of sp³-hybridized carbons (Fsp3) is 0.167. The van der Waals surface area contributed by atoms with E-state index in [1.807, 2.05) is 12.2 Å². The largest absolute Gasteiger partial charge is 0.0764 e. The van der Waals surface area contributed by atoms with Crippen molar-refractivity contribution in [2.75, 3.05) is 0 Å². The first-order valence-electron chi connectivity index (χ1n) is 2.08. The molecule has 0 heterocycles. The summed E-state index contributed by atoms with van der Waals surface area (Å²) in [4.78, 5) is 0. The predicted molar refractivity (Wildman–Crippen MR) is 27.2 cm³/mol. The third-order valence-corrected chi connectivity index (χ3v) is 0.829. The van der Waals surface area contributed by atoms with Crippen LogP contribution in [0.5, 0.6) is 0 Å². The Balaban J connectivity index is 0.000000360. The summed E-state index contributed by atoms with van der Waals surface area (Å²) in [7, 11) is 0. The van der Waals surface area contributed by atoms with E-state index in [-0.39, 0.29) is 19.5 Å². The standard InChI is InChI=1S/C6H7.Rh/c1-6-4-2-3-5-6;/h2-5H,1H3;. The summed E-state index contributed by atoms with van der Waals surface area (Å²) in [6, 6.07) is 0. The van der Waals surface area contributed by atoms with Crippen molar-refractivity contribution in [3.8, 4) is 0 Å². The molecule has 40 valence electrons. The Morgan fingerprint density at radius 3 is 2.14 bits per heavy atom. The number of allylic oxidation sites excluding steroid dienone is 4. The molecule has 1 aliphatic rings. The van der Waals surface area contributed by atoms with Crippen LogP contribution in [0.25, 0.3) is 0 Å². The first-order chi connectivity index (χ1) is 2.89. The SMILES string of the molecule is CC1=CC=C[CH]1.[Rh]. The van der Waals surface area contributed by atoms with E-state index in [1.54, 1.807) is 0 Å². The number of rotatable bonds is 0. The van der Waals surface area contributed by atoms with Crippen LogP contribution in [0.4, 0.5) is 0 Å². The zero-order valence-electron chi connectivity index (χ0n) is 4.14.